The summed E-state index contributed by atoms with van der Waals surface area (Å²) in [5.41, 5.74) is 3.22. The molecule has 0 radical (unpaired) electrons. The Morgan fingerprint density at radius 3 is 2.68 bits per heavy atom. The molecule has 19 heavy (non-hydrogen) atoms. The molecule has 1 N–H and O–H groups in total. The van der Waals surface area contributed by atoms with Crippen LogP contribution in [-0.2, 0) is 6.42 Å². The van der Waals surface area contributed by atoms with E-state index < -0.39 is 0 Å². The Kier molecular flexibility index (Phi) is 4.10. The van der Waals surface area contributed by atoms with Crippen LogP contribution in [0.25, 0.3) is 0 Å². The second kappa shape index (κ2) is 5.78. The van der Waals surface area contributed by atoms with Crippen molar-refractivity contribution in [2.24, 2.45) is 0 Å². The van der Waals surface area contributed by atoms with Crippen molar-refractivity contribution in [2.75, 3.05) is 5.32 Å². The first-order valence-electron chi connectivity index (χ1n) is 6.54. The number of aryl methyl sites for hydroxylation is 3. The smallest absolute Gasteiger partial charge is 0.132 e. The zero-order valence-corrected chi connectivity index (χ0v) is 11.9. The van der Waals surface area contributed by atoms with Gasteiger partial charge in [-0.15, -0.1) is 0 Å². The third kappa shape index (κ3) is 3.74. The molecule has 1 atom stereocenters. The minimum atomic E-state index is 0.280. The van der Waals surface area contributed by atoms with E-state index in [0.29, 0.717) is 0 Å². The third-order valence-electron chi connectivity index (χ3n) is 2.94. The number of nitrogens with zero attached hydrogens (tertiary/aromatic N) is 3. The first kappa shape index (κ1) is 13.5. The summed E-state index contributed by atoms with van der Waals surface area (Å²) in [5.74, 6) is 1.70. The molecule has 0 spiro atoms. The van der Waals surface area contributed by atoms with Crippen molar-refractivity contribution in [3.05, 3.63) is 47.2 Å². The number of hydrogen-bond acceptors (Lipinski definition) is 4. The number of pyridine rings is 1. The van der Waals surface area contributed by atoms with E-state index in [1.54, 1.807) is 0 Å². The molecule has 2 aromatic heterocycles. The zero-order chi connectivity index (χ0) is 13.8. The van der Waals surface area contributed by atoms with Gasteiger partial charge in [-0.25, -0.2) is 9.97 Å². The fourth-order valence-electron chi connectivity index (χ4n) is 1.99. The lowest BCUT2D eigenvalue weighted by molar-refractivity contribution is 0.758. The van der Waals surface area contributed by atoms with Crippen LogP contribution in [0.5, 0.6) is 0 Å². The second-order valence-electron chi connectivity index (χ2n) is 4.97. The van der Waals surface area contributed by atoms with Gasteiger partial charge >= 0.3 is 0 Å². The third-order valence-corrected chi connectivity index (χ3v) is 2.94. The van der Waals surface area contributed by atoms with Crippen molar-refractivity contribution >= 4 is 5.82 Å². The van der Waals surface area contributed by atoms with Gasteiger partial charge in [0.05, 0.1) is 0 Å². The molecule has 0 aliphatic heterocycles. The fraction of sp³-hybridized carbons (Fsp3) is 0.400. The van der Waals surface area contributed by atoms with Gasteiger partial charge in [0.2, 0.25) is 0 Å². The van der Waals surface area contributed by atoms with E-state index in [4.69, 9.17) is 0 Å². The van der Waals surface area contributed by atoms with Crippen LogP contribution < -0.4 is 5.32 Å². The number of anilines is 1. The Morgan fingerprint density at radius 2 is 1.95 bits per heavy atom. The van der Waals surface area contributed by atoms with Crippen molar-refractivity contribution in [1.82, 2.24) is 15.0 Å². The number of hydrogen-bond donors (Lipinski definition) is 1. The van der Waals surface area contributed by atoms with Crippen LogP contribution in [0.4, 0.5) is 5.82 Å². The Balaban J connectivity index is 2.05. The van der Waals surface area contributed by atoms with Gasteiger partial charge < -0.3 is 5.32 Å². The Bertz CT molecular complexity index is 566. The summed E-state index contributed by atoms with van der Waals surface area (Å²) >= 11 is 0. The maximum atomic E-state index is 4.52. The minimum Gasteiger partial charge on any atom is -0.367 e. The Hall–Kier alpha value is -1.97. The lowest BCUT2D eigenvalue weighted by atomic mass is 10.1. The van der Waals surface area contributed by atoms with Crippen molar-refractivity contribution in [3.63, 3.8) is 0 Å². The van der Waals surface area contributed by atoms with Gasteiger partial charge in [-0.2, -0.15) is 0 Å². The first-order valence-corrected chi connectivity index (χ1v) is 6.54. The molecule has 2 heterocycles. The number of nitrogens with one attached hydrogen (secondary N) is 1. The molecule has 0 aromatic carbocycles. The highest BCUT2D eigenvalue weighted by molar-refractivity contribution is 5.42. The van der Waals surface area contributed by atoms with E-state index in [0.717, 1.165) is 35.0 Å². The molecular weight excluding hydrogens is 236 g/mol. The van der Waals surface area contributed by atoms with Gasteiger partial charge in [-0.1, -0.05) is 6.07 Å². The molecule has 0 saturated carbocycles. The predicted molar refractivity (Wildman–Crippen MR) is 77.3 cm³/mol. The van der Waals surface area contributed by atoms with E-state index in [2.05, 4.69) is 33.3 Å². The molecule has 100 valence electrons. The van der Waals surface area contributed by atoms with Gasteiger partial charge in [0, 0.05) is 35.6 Å². The lowest BCUT2D eigenvalue weighted by Crippen LogP contribution is -2.20. The van der Waals surface area contributed by atoms with Gasteiger partial charge in [0.15, 0.2) is 0 Å². The van der Waals surface area contributed by atoms with Crippen LogP contribution in [0.1, 0.15) is 29.7 Å². The molecule has 4 heteroatoms. The van der Waals surface area contributed by atoms with Crippen molar-refractivity contribution in [1.29, 1.82) is 0 Å². The summed E-state index contributed by atoms with van der Waals surface area (Å²) in [5, 5.41) is 3.43. The van der Waals surface area contributed by atoms with Crippen molar-refractivity contribution in [3.8, 4) is 0 Å². The van der Waals surface area contributed by atoms with Gasteiger partial charge in [0.25, 0.3) is 0 Å². The second-order valence-corrected chi connectivity index (χ2v) is 4.97. The molecule has 0 unspecified atom stereocenters. The normalized spacial score (nSPS) is 12.2. The summed E-state index contributed by atoms with van der Waals surface area (Å²) in [6.45, 7) is 8.07. The van der Waals surface area contributed by atoms with Crippen LogP contribution in [0.2, 0.25) is 0 Å². The SMILES string of the molecule is Cc1cccc(C[C@@H](C)Nc2nc(C)ncc2C)n1. The highest BCUT2D eigenvalue weighted by Gasteiger charge is 2.08. The highest BCUT2D eigenvalue weighted by atomic mass is 15.0. The number of aromatic nitrogens is 3. The van der Waals surface area contributed by atoms with Gasteiger partial charge in [-0.05, 0) is 39.8 Å². The molecule has 0 amide bonds. The molecule has 0 saturated heterocycles. The first-order chi connectivity index (χ1) is 9.04. The van der Waals surface area contributed by atoms with E-state index >= 15 is 0 Å². The Morgan fingerprint density at radius 1 is 1.16 bits per heavy atom. The highest BCUT2D eigenvalue weighted by Crippen LogP contribution is 2.12. The molecule has 2 rings (SSSR count). The average molecular weight is 256 g/mol. The molecular formula is C15H20N4. The van der Waals surface area contributed by atoms with E-state index in [1.165, 1.54) is 0 Å². The number of rotatable bonds is 4. The molecule has 2 aromatic rings. The fourth-order valence-corrected chi connectivity index (χ4v) is 1.99. The topological polar surface area (TPSA) is 50.7 Å². The summed E-state index contributed by atoms with van der Waals surface area (Å²) in [7, 11) is 0. The minimum absolute atomic E-state index is 0.280. The van der Waals surface area contributed by atoms with Crippen LogP contribution in [-0.4, -0.2) is 21.0 Å². The summed E-state index contributed by atoms with van der Waals surface area (Å²) in [4.78, 5) is 13.1. The van der Waals surface area contributed by atoms with Crippen molar-refractivity contribution < 1.29 is 0 Å². The zero-order valence-electron chi connectivity index (χ0n) is 11.9. The standard InChI is InChI=1S/C15H20N4/c1-10-9-16-13(4)19-15(10)18-12(3)8-14-7-5-6-11(2)17-14/h5-7,9,12H,8H2,1-4H3,(H,16,18,19)/t12-/m1/s1. The largest absolute Gasteiger partial charge is 0.367 e. The molecule has 0 aliphatic rings. The predicted octanol–water partition coefficient (Wildman–Crippen LogP) is 2.84. The summed E-state index contributed by atoms with van der Waals surface area (Å²) in [6.07, 6.45) is 2.73. The van der Waals surface area contributed by atoms with Crippen LogP contribution in [0.15, 0.2) is 24.4 Å². The lowest BCUT2D eigenvalue weighted by Gasteiger charge is -2.16. The molecule has 0 bridgehead atoms. The van der Waals surface area contributed by atoms with E-state index in [9.17, 15) is 0 Å². The molecule has 0 fully saturated rings. The van der Waals surface area contributed by atoms with Gasteiger partial charge in [-0.3, -0.25) is 4.98 Å². The molecule has 4 nitrogen and oxygen atoms in total. The summed E-state index contributed by atoms with van der Waals surface area (Å²) < 4.78 is 0. The molecule has 0 aliphatic carbocycles. The van der Waals surface area contributed by atoms with E-state index in [1.807, 2.05) is 39.1 Å². The quantitative estimate of drug-likeness (QED) is 0.914. The summed E-state index contributed by atoms with van der Waals surface area (Å²) in [6, 6.07) is 6.40. The van der Waals surface area contributed by atoms with Crippen LogP contribution in [0, 0.1) is 20.8 Å². The average Bonchev–Trinajstić information content (AvgIpc) is 2.34. The maximum Gasteiger partial charge on any atom is 0.132 e. The van der Waals surface area contributed by atoms with E-state index in [-0.39, 0.29) is 6.04 Å². The van der Waals surface area contributed by atoms with Crippen LogP contribution in [0.3, 0.4) is 0 Å². The maximum absolute atomic E-state index is 4.52. The Labute approximate surface area is 114 Å². The monoisotopic (exact) mass is 256 g/mol. The van der Waals surface area contributed by atoms with Gasteiger partial charge in [0.1, 0.15) is 11.6 Å². The van der Waals surface area contributed by atoms with Crippen LogP contribution >= 0.6 is 0 Å². The van der Waals surface area contributed by atoms with Crippen molar-refractivity contribution in [2.45, 2.75) is 40.2 Å².